The van der Waals surface area contributed by atoms with E-state index in [1.54, 1.807) is 25.4 Å². The highest BCUT2D eigenvalue weighted by Crippen LogP contribution is 2.28. The number of nitrogens with zero attached hydrogens (tertiary/aromatic N) is 1. The van der Waals surface area contributed by atoms with Crippen LogP contribution in [0.15, 0.2) is 24.5 Å². The fourth-order valence-electron chi connectivity index (χ4n) is 2.48. The highest BCUT2D eigenvalue weighted by Gasteiger charge is 2.20. The maximum atomic E-state index is 12.1. The van der Waals surface area contributed by atoms with Gasteiger partial charge in [-0.05, 0) is 30.0 Å². The second kappa shape index (κ2) is 6.72. The van der Waals surface area contributed by atoms with Gasteiger partial charge in [-0.3, -0.25) is 4.18 Å². The number of hydrogen-bond donors (Lipinski definition) is 0. The third kappa shape index (κ3) is 4.11. The Morgan fingerprint density at radius 1 is 1.26 bits per heavy atom. The SMILES string of the molecule is CCOC(=O)c1cn2cc(COS(C)(=O)=O)ccc2c1C(C)C. The molecule has 0 N–H and O–H groups in total. The van der Waals surface area contributed by atoms with Gasteiger partial charge in [0.05, 0.1) is 25.0 Å². The zero-order valence-corrected chi connectivity index (χ0v) is 14.5. The van der Waals surface area contributed by atoms with Gasteiger partial charge in [0.2, 0.25) is 0 Å². The van der Waals surface area contributed by atoms with Crippen molar-refractivity contribution < 1.29 is 22.1 Å². The zero-order valence-electron chi connectivity index (χ0n) is 13.7. The molecule has 0 aromatic carbocycles. The Hall–Kier alpha value is -1.86. The number of ether oxygens (including phenoxy) is 1. The van der Waals surface area contributed by atoms with Crippen LogP contribution in [-0.4, -0.2) is 31.7 Å². The topological polar surface area (TPSA) is 74.1 Å². The van der Waals surface area contributed by atoms with Gasteiger partial charge in [0.15, 0.2) is 0 Å². The number of fused-ring (bicyclic) bond motifs is 1. The van der Waals surface area contributed by atoms with E-state index in [0.29, 0.717) is 17.7 Å². The molecule has 7 heteroatoms. The zero-order chi connectivity index (χ0) is 17.2. The molecule has 0 aliphatic rings. The summed E-state index contributed by atoms with van der Waals surface area (Å²) in [5.74, 6) is -0.202. The van der Waals surface area contributed by atoms with Crippen LogP contribution in [0.5, 0.6) is 0 Å². The summed E-state index contributed by atoms with van der Waals surface area (Å²) < 4.78 is 33.9. The van der Waals surface area contributed by atoms with E-state index in [4.69, 9.17) is 8.92 Å². The monoisotopic (exact) mass is 339 g/mol. The molecule has 2 heterocycles. The number of carbonyl (C=O) groups is 1. The molecule has 0 saturated carbocycles. The van der Waals surface area contributed by atoms with E-state index in [1.165, 1.54) is 0 Å². The average Bonchev–Trinajstić information content (AvgIpc) is 2.83. The van der Waals surface area contributed by atoms with E-state index >= 15 is 0 Å². The van der Waals surface area contributed by atoms with Crippen LogP contribution in [0.4, 0.5) is 0 Å². The third-order valence-electron chi connectivity index (χ3n) is 3.39. The fraction of sp³-hybridized carbons (Fsp3) is 0.438. The minimum absolute atomic E-state index is 0.0430. The first-order chi connectivity index (χ1) is 10.7. The lowest BCUT2D eigenvalue weighted by Gasteiger charge is -2.08. The highest BCUT2D eigenvalue weighted by atomic mass is 32.2. The average molecular weight is 339 g/mol. The second-order valence-corrected chi connectivity index (χ2v) is 7.27. The molecule has 2 aromatic heterocycles. The van der Waals surface area contributed by atoms with Gasteiger partial charge in [-0.2, -0.15) is 8.42 Å². The maximum absolute atomic E-state index is 12.1. The van der Waals surface area contributed by atoms with Gasteiger partial charge in [0.25, 0.3) is 10.1 Å². The molecule has 0 aliphatic carbocycles. The Kier molecular flexibility index (Phi) is 5.11. The van der Waals surface area contributed by atoms with Crippen LogP contribution < -0.4 is 0 Å². The smallest absolute Gasteiger partial charge is 0.339 e. The van der Waals surface area contributed by atoms with Crippen molar-refractivity contribution in [2.75, 3.05) is 12.9 Å². The van der Waals surface area contributed by atoms with Crippen molar-refractivity contribution in [2.24, 2.45) is 0 Å². The molecule has 0 bridgehead atoms. The number of esters is 1. The molecule has 6 nitrogen and oxygen atoms in total. The predicted octanol–water partition coefficient (Wildman–Crippen LogP) is 2.72. The first-order valence-corrected chi connectivity index (χ1v) is 9.19. The lowest BCUT2D eigenvalue weighted by molar-refractivity contribution is 0.0525. The summed E-state index contributed by atoms with van der Waals surface area (Å²) in [4.78, 5) is 12.1. The van der Waals surface area contributed by atoms with Gasteiger partial charge in [-0.15, -0.1) is 0 Å². The molecule has 0 spiro atoms. The van der Waals surface area contributed by atoms with Gasteiger partial charge in [-0.25, -0.2) is 4.79 Å². The van der Waals surface area contributed by atoms with Crippen molar-refractivity contribution in [1.29, 1.82) is 0 Å². The quantitative estimate of drug-likeness (QED) is 0.597. The van der Waals surface area contributed by atoms with Crippen molar-refractivity contribution in [3.8, 4) is 0 Å². The Morgan fingerprint density at radius 3 is 2.52 bits per heavy atom. The maximum Gasteiger partial charge on any atom is 0.339 e. The molecule has 2 rings (SSSR count). The number of pyridine rings is 1. The van der Waals surface area contributed by atoms with E-state index < -0.39 is 10.1 Å². The van der Waals surface area contributed by atoms with Crippen LogP contribution in [0.25, 0.3) is 5.52 Å². The molecule has 0 saturated heterocycles. The molecular weight excluding hydrogens is 318 g/mol. The van der Waals surface area contributed by atoms with Crippen molar-refractivity contribution in [3.63, 3.8) is 0 Å². The Morgan fingerprint density at radius 2 is 1.96 bits per heavy atom. The second-order valence-electron chi connectivity index (χ2n) is 5.63. The van der Waals surface area contributed by atoms with Crippen LogP contribution in [0.2, 0.25) is 0 Å². The summed E-state index contributed by atoms with van der Waals surface area (Å²) in [6, 6.07) is 3.65. The summed E-state index contributed by atoms with van der Waals surface area (Å²) in [5, 5.41) is 0. The van der Waals surface area contributed by atoms with E-state index in [1.807, 2.05) is 24.3 Å². The first kappa shape index (κ1) is 17.5. The lowest BCUT2D eigenvalue weighted by Crippen LogP contribution is -2.06. The number of rotatable bonds is 6. The number of hydrogen-bond acceptors (Lipinski definition) is 5. The van der Waals surface area contributed by atoms with Crippen LogP contribution in [0, 0.1) is 0 Å². The fourth-order valence-corrected chi connectivity index (χ4v) is 2.83. The molecule has 0 unspecified atom stereocenters. The molecule has 0 fully saturated rings. The van der Waals surface area contributed by atoms with Crippen LogP contribution >= 0.6 is 0 Å². The minimum atomic E-state index is -3.50. The molecule has 0 atom stereocenters. The van der Waals surface area contributed by atoms with Crippen molar-refractivity contribution in [1.82, 2.24) is 4.40 Å². The third-order valence-corrected chi connectivity index (χ3v) is 3.93. The standard InChI is InChI=1S/C16H21NO5S/c1-5-21-16(18)13-9-17-8-12(10-22-23(4,19)20)6-7-14(17)15(13)11(2)3/h6-9,11H,5,10H2,1-4H3. The van der Waals surface area contributed by atoms with Gasteiger partial charge in [0.1, 0.15) is 0 Å². The first-order valence-electron chi connectivity index (χ1n) is 7.38. The van der Waals surface area contributed by atoms with Gasteiger partial charge in [-0.1, -0.05) is 19.9 Å². The van der Waals surface area contributed by atoms with Gasteiger partial charge < -0.3 is 9.14 Å². The van der Waals surface area contributed by atoms with Crippen molar-refractivity contribution >= 4 is 21.6 Å². The summed E-state index contributed by atoms with van der Waals surface area (Å²) in [7, 11) is -3.50. The molecule has 0 aliphatic heterocycles. The van der Waals surface area contributed by atoms with Crippen LogP contribution in [-0.2, 0) is 25.6 Å². The largest absolute Gasteiger partial charge is 0.462 e. The molecule has 0 amide bonds. The molecular formula is C16H21NO5S. The minimum Gasteiger partial charge on any atom is -0.462 e. The summed E-state index contributed by atoms with van der Waals surface area (Å²) in [6.07, 6.45) is 4.48. The normalized spacial score (nSPS) is 12.0. The van der Waals surface area contributed by atoms with E-state index in [2.05, 4.69) is 0 Å². The van der Waals surface area contributed by atoms with E-state index in [0.717, 1.165) is 17.3 Å². The van der Waals surface area contributed by atoms with Gasteiger partial charge >= 0.3 is 5.97 Å². The number of carbonyl (C=O) groups excluding carboxylic acids is 1. The Labute approximate surface area is 136 Å². The van der Waals surface area contributed by atoms with E-state index in [9.17, 15) is 13.2 Å². The molecule has 2 aromatic rings. The Balaban J connectivity index is 2.45. The van der Waals surface area contributed by atoms with Crippen LogP contribution in [0.1, 0.15) is 48.2 Å². The Bertz CT molecular complexity index is 820. The summed E-state index contributed by atoms with van der Waals surface area (Å²) in [6.45, 7) is 6.07. The summed E-state index contributed by atoms with van der Waals surface area (Å²) >= 11 is 0. The van der Waals surface area contributed by atoms with Crippen LogP contribution in [0.3, 0.4) is 0 Å². The highest BCUT2D eigenvalue weighted by molar-refractivity contribution is 7.85. The molecule has 126 valence electrons. The van der Waals surface area contributed by atoms with Gasteiger partial charge in [0, 0.05) is 17.9 Å². The summed E-state index contributed by atoms with van der Waals surface area (Å²) in [5.41, 5.74) is 3.04. The van der Waals surface area contributed by atoms with Crippen molar-refractivity contribution in [3.05, 3.63) is 41.2 Å². The number of aromatic nitrogens is 1. The lowest BCUT2D eigenvalue weighted by atomic mass is 10.00. The molecule has 0 radical (unpaired) electrons. The predicted molar refractivity (Wildman–Crippen MR) is 87.1 cm³/mol. The molecule has 23 heavy (non-hydrogen) atoms. The van der Waals surface area contributed by atoms with Crippen molar-refractivity contribution in [2.45, 2.75) is 33.3 Å². The van der Waals surface area contributed by atoms with E-state index in [-0.39, 0.29) is 18.5 Å².